The number of hydrogen-bond acceptors (Lipinski definition) is 5. The lowest BCUT2D eigenvalue weighted by Gasteiger charge is -2.12. The van der Waals surface area contributed by atoms with E-state index in [-0.39, 0.29) is 4.90 Å². The molecule has 0 aliphatic heterocycles. The van der Waals surface area contributed by atoms with Crippen LogP contribution in [0.1, 0.15) is 12.8 Å². The number of hydrogen-bond donors (Lipinski definition) is 2. The number of nitrogens with zero attached hydrogens (tertiary/aromatic N) is 3. The van der Waals surface area contributed by atoms with Crippen LogP contribution < -0.4 is 10.0 Å². The van der Waals surface area contributed by atoms with Crippen LogP contribution >= 0.6 is 39.1 Å². The van der Waals surface area contributed by atoms with Gasteiger partial charge in [-0.05, 0) is 59.1 Å². The molecule has 2 N–H and O–H groups in total. The van der Waals surface area contributed by atoms with Gasteiger partial charge in [0.2, 0.25) is 10.0 Å². The molecule has 0 fully saturated rings. The summed E-state index contributed by atoms with van der Waals surface area (Å²) >= 11 is 15.7. The number of anilines is 1. The minimum absolute atomic E-state index is 0.195. The summed E-state index contributed by atoms with van der Waals surface area (Å²) in [7, 11) is -3.55. The molecule has 0 saturated carbocycles. The quantitative estimate of drug-likeness (QED) is 0.255. The fraction of sp³-hybridized carbons (Fsp3) is 0.182. The molecular weight excluding hydrogens is 549 g/mol. The van der Waals surface area contributed by atoms with Crippen LogP contribution in [0.15, 0.2) is 70.2 Å². The fourth-order valence-electron chi connectivity index (χ4n) is 3.24. The molecule has 172 valence electrons. The Morgan fingerprint density at radius 2 is 1.73 bits per heavy atom. The molecule has 4 aromatic rings. The van der Waals surface area contributed by atoms with E-state index < -0.39 is 10.0 Å². The number of halogens is 3. The highest BCUT2D eigenvalue weighted by molar-refractivity contribution is 9.10. The third-order valence-corrected chi connectivity index (χ3v) is 7.52. The van der Waals surface area contributed by atoms with E-state index in [1.807, 2.05) is 30.3 Å². The second-order valence-corrected chi connectivity index (χ2v) is 10.7. The Bertz CT molecular complexity index is 1380. The van der Waals surface area contributed by atoms with Crippen LogP contribution in [-0.2, 0) is 10.0 Å². The molecule has 0 saturated heterocycles. The van der Waals surface area contributed by atoms with Crippen LogP contribution in [0.5, 0.6) is 0 Å². The van der Waals surface area contributed by atoms with E-state index in [2.05, 4.69) is 36.1 Å². The summed E-state index contributed by atoms with van der Waals surface area (Å²) < 4.78 is 29.8. The molecule has 0 unspecified atom stereocenters. The number of fused-ring (bicyclic) bond motifs is 1. The Labute approximate surface area is 210 Å². The highest BCUT2D eigenvalue weighted by Crippen LogP contribution is 2.30. The molecule has 0 aliphatic carbocycles. The maximum Gasteiger partial charge on any atom is 0.240 e. The van der Waals surface area contributed by atoms with Gasteiger partial charge in [0.15, 0.2) is 5.65 Å². The first-order valence-electron chi connectivity index (χ1n) is 10.1. The van der Waals surface area contributed by atoms with Crippen LogP contribution in [0.4, 0.5) is 5.82 Å². The number of sulfonamides is 1. The second-order valence-electron chi connectivity index (χ2n) is 7.22. The first-order chi connectivity index (χ1) is 15.8. The molecule has 0 atom stereocenters. The number of rotatable bonds is 9. The van der Waals surface area contributed by atoms with Crippen molar-refractivity contribution in [2.24, 2.45) is 0 Å². The van der Waals surface area contributed by atoms with Crippen molar-refractivity contribution in [3.05, 3.63) is 75.3 Å². The summed E-state index contributed by atoms with van der Waals surface area (Å²) in [4.78, 5) is 4.88. The van der Waals surface area contributed by atoms with E-state index in [1.165, 1.54) is 12.1 Å². The molecule has 0 bridgehead atoms. The van der Waals surface area contributed by atoms with Gasteiger partial charge in [0, 0.05) is 34.8 Å². The first-order valence-corrected chi connectivity index (χ1v) is 13.2. The zero-order valence-corrected chi connectivity index (χ0v) is 21.2. The maximum absolute atomic E-state index is 12.3. The molecule has 4 rings (SSSR count). The number of unbranched alkanes of at least 4 members (excludes halogenated alkanes) is 1. The smallest absolute Gasteiger partial charge is 0.240 e. The molecule has 2 aromatic carbocycles. The molecule has 2 heterocycles. The normalized spacial score (nSPS) is 11.7. The van der Waals surface area contributed by atoms with Crippen LogP contribution in [0.2, 0.25) is 10.0 Å². The van der Waals surface area contributed by atoms with Crippen molar-refractivity contribution >= 4 is 60.6 Å². The molecule has 0 spiro atoms. The maximum atomic E-state index is 12.3. The van der Waals surface area contributed by atoms with E-state index in [0.29, 0.717) is 35.2 Å². The summed E-state index contributed by atoms with van der Waals surface area (Å²) in [5, 5.41) is 8.85. The monoisotopic (exact) mass is 567 g/mol. The van der Waals surface area contributed by atoms with Gasteiger partial charge in [-0.25, -0.2) is 18.1 Å². The topological polar surface area (TPSA) is 88.4 Å². The van der Waals surface area contributed by atoms with E-state index in [4.69, 9.17) is 23.2 Å². The van der Waals surface area contributed by atoms with Gasteiger partial charge >= 0.3 is 0 Å². The predicted molar refractivity (Wildman–Crippen MR) is 135 cm³/mol. The average molecular weight is 569 g/mol. The summed E-state index contributed by atoms with van der Waals surface area (Å²) in [6, 6.07) is 15.5. The first kappa shape index (κ1) is 24.0. The SMILES string of the molecule is O=S(=O)(NCCCCNc1cc(-c2ccccc2Cl)nc2c(Br)cnn12)c1ccc(Cl)cc1. The number of benzene rings is 2. The lowest BCUT2D eigenvalue weighted by atomic mass is 10.1. The van der Waals surface area contributed by atoms with Crippen molar-refractivity contribution < 1.29 is 8.42 Å². The lowest BCUT2D eigenvalue weighted by Crippen LogP contribution is -2.25. The van der Waals surface area contributed by atoms with Gasteiger partial charge in [-0.2, -0.15) is 9.61 Å². The molecule has 33 heavy (non-hydrogen) atoms. The van der Waals surface area contributed by atoms with Crippen molar-refractivity contribution in [2.45, 2.75) is 17.7 Å². The summed E-state index contributed by atoms with van der Waals surface area (Å²) in [6.45, 7) is 0.956. The van der Waals surface area contributed by atoms with Crippen molar-refractivity contribution in [1.82, 2.24) is 19.3 Å². The standard InChI is InChI=1S/C22H20BrCl2N5O2S/c23-18-14-27-30-21(13-20(29-22(18)30)17-5-1-2-6-19(17)25)26-11-3-4-12-28-33(31,32)16-9-7-15(24)8-10-16/h1-2,5-10,13-14,26,28H,3-4,11-12H2. The predicted octanol–water partition coefficient (Wildman–Crippen LogP) is 5.64. The highest BCUT2D eigenvalue weighted by Gasteiger charge is 2.14. The summed E-state index contributed by atoms with van der Waals surface area (Å²) in [6.07, 6.45) is 3.10. The lowest BCUT2D eigenvalue weighted by molar-refractivity contribution is 0.577. The molecule has 11 heteroatoms. The van der Waals surface area contributed by atoms with E-state index in [0.717, 1.165) is 28.0 Å². The Hall–Kier alpha value is -2.17. The minimum Gasteiger partial charge on any atom is -0.370 e. The van der Waals surface area contributed by atoms with E-state index in [9.17, 15) is 8.42 Å². The zero-order chi connectivity index (χ0) is 23.4. The Morgan fingerprint density at radius 1 is 1.00 bits per heavy atom. The molecule has 0 radical (unpaired) electrons. The van der Waals surface area contributed by atoms with Crippen LogP contribution in [-0.4, -0.2) is 36.1 Å². The summed E-state index contributed by atoms with van der Waals surface area (Å²) in [5.41, 5.74) is 2.23. The Kier molecular flexibility index (Phi) is 7.55. The van der Waals surface area contributed by atoms with E-state index >= 15 is 0 Å². The van der Waals surface area contributed by atoms with Gasteiger partial charge in [0.25, 0.3) is 0 Å². The number of aromatic nitrogens is 3. The fourth-order valence-corrected chi connectivity index (χ4v) is 5.02. The second kappa shape index (κ2) is 10.4. The van der Waals surface area contributed by atoms with Gasteiger partial charge in [-0.15, -0.1) is 0 Å². The third kappa shape index (κ3) is 5.67. The van der Waals surface area contributed by atoms with Gasteiger partial charge in [-0.3, -0.25) is 0 Å². The minimum atomic E-state index is -3.55. The van der Waals surface area contributed by atoms with Crippen molar-refractivity contribution in [2.75, 3.05) is 18.4 Å². The largest absolute Gasteiger partial charge is 0.370 e. The summed E-state index contributed by atoms with van der Waals surface area (Å²) in [5.74, 6) is 0.766. The Morgan fingerprint density at radius 3 is 2.48 bits per heavy atom. The zero-order valence-electron chi connectivity index (χ0n) is 17.3. The average Bonchev–Trinajstić information content (AvgIpc) is 3.17. The van der Waals surface area contributed by atoms with Crippen LogP contribution in [0.3, 0.4) is 0 Å². The molecule has 0 aliphatic rings. The van der Waals surface area contributed by atoms with E-state index in [1.54, 1.807) is 22.8 Å². The van der Waals surface area contributed by atoms with Gasteiger partial charge in [0.05, 0.1) is 21.3 Å². The molecule has 7 nitrogen and oxygen atoms in total. The number of nitrogens with one attached hydrogen (secondary N) is 2. The van der Waals surface area contributed by atoms with Crippen molar-refractivity contribution in [3.63, 3.8) is 0 Å². The van der Waals surface area contributed by atoms with Crippen LogP contribution in [0.25, 0.3) is 16.9 Å². The van der Waals surface area contributed by atoms with Gasteiger partial charge in [0.1, 0.15) is 5.82 Å². The van der Waals surface area contributed by atoms with Gasteiger partial charge in [-0.1, -0.05) is 41.4 Å². The van der Waals surface area contributed by atoms with Crippen molar-refractivity contribution in [1.29, 1.82) is 0 Å². The third-order valence-electron chi connectivity index (χ3n) is 4.90. The highest BCUT2D eigenvalue weighted by atomic mass is 79.9. The molecular formula is C22H20BrCl2N5O2S. The molecule has 0 amide bonds. The molecule has 2 aromatic heterocycles. The van der Waals surface area contributed by atoms with Gasteiger partial charge < -0.3 is 5.32 Å². The Balaban J connectivity index is 1.38. The van der Waals surface area contributed by atoms with Crippen LogP contribution in [0, 0.1) is 0 Å². The van der Waals surface area contributed by atoms with Crippen molar-refractivity contribution in [3.8, 4) is 11.3 Å².